The lowest BCUT2D eigenvalue weighted by atomic mass is 10.0. The van der Waals surface area contributed by atoms with E-state index < -0.39 is 22.8 Å². The van der Waals surface area contributed by atoms with Gasteiger partial charge < -0.3 is 10.2 Å². The summed E-state index contributed by atoms with van der Waals surface area (Å²) >= 11 is 5.85. The minimum absolute atomic E-state index is 0.0711. The fourth-order valence-electron chi connectivity index (χ4n) is 2.94. The van der Waals surface area contributed by atoms with Crippen LogP contribution in [0.15, 0.2) is 47.6 Å². The number of carbonyl (C=O) groups is 2. The summed E-state index contributed by atoms with van der Waals surface area (Å²) in [4.78, 5) is 37.6. The van der Waals surface area contributed by atoms with Crippen molar-refractivity contribution >= 4 is 41.0 Å². The average molecular weight is 460 g/mol. The van der Waals surface area contributed by atoms with Crippen molar-refractivity contribution in [3.05, 3.63) is 68.7 Å². The Balaban J connectivity index is 2.10. The third kappa shape index (κ3) is 7.05. The van der Waals surface area contributed by atoms with Gasteiger partial charge in [0.25, 0.3) is 17.5 Å². The zero-order valence-electron chi connectivity index (χ0n) is 18.3. The quantitative estimate of drug-likeness (QED) is 0.337. The zero-order chi connectivity index (χ0) is 23.8. The van der Waals surface area contributed by atoms with E-state index in [9.17, 15) is 19.7 Å². The number of anilines is 1. The lowest BCUT2D eigenvalue weighted by Gasteiger charge is -2.19. The third-order valence-corrected chi connectivity index (χ3v) is 4.75. The third-order valence-electron chi connectivity index (χ3n) is 4.50. The highest BCUT2D eigenvalue weighted by atomic mass is 35.5. The molecule has 10 heteroatoms. The van der Waals surface area contributed by atoms with E-state index in [-0.39, 0.29) is 11.6 Å². The van der Waals surface area contributed by atoms with Gasteiger partial charge in [0.2, 0.25) is 0 Å². The van der Waals surface area contributed by atoms with Crippen LogP contribution in [0.5, 0.6) is 0 Å². The van der Waals surface area contributed by atoms with Crippen LogP contribution in [0.25, 0.3) is 0 Å². The Bertz CT molecular complexity index is 1010. The number of hydrogen-bond donors (Lipinski definition) is 2. The second-order valence-corrected chi connectivity index (χ2v) is 8.23. The number of rotatable bonds is 9. The lowest BCUT2D eigenvalue weighted by molar-refractivity contribution is -0.384. The average Bonchev–Trinajstić information content (AvgIpc) is 2.73. The molecule has 0 aromatic heterocycles. The fourth-order valence-corrected chi connectivity index (χ4v) is 3.07. The molecule has 0 heterocycles. The van der Waals surface area contributed by atoms with Crippen LogP contribution in [0.2, 0.25) is 5.02 Å². The molecule has 1 atom stereocenters. The summed E-state index contributed by atoms with van der Waals surface area (Å²) in [5.74, 6) is -0.750. The maximum absolute atomic E-state index is 12.6. The molecule has 2 amide bonds. The minimum Gasteiger partial charge on any atom is -0.372 e. The SMILES string of the molecule is CC(C)CC(NC(=O)c1ccc(Cl)cc1)C(=O)N/N=C/c1ccc(N(C)C)c([N+](=O)[O-])c1. The number of hydrogen-bond acceptors (Lipinski definition) is 6. The number of nitro groups is 1. The Morgan fingerprint density at radius 1 is 1.19 bits per heavy atom. The van der Waals surface area contributed by atoms with Crippen molar-refractivity contribution in [2.24, 2.45) is 11.0 Å². The van der Waals surface area contributed by atoms with Gasteiger partial charge in [0, 0.05) is 36.3 Å². The first kappa shape index (κ1) is 24.8. The maximum Gasteiger partial charge on any atom is 0.293 e. The highest BCUT2D eigenvalue weighted by Crippen LogP contribution is 2.27. The van der Waals surface area contributed by atoms with Gasteiger partial charge in [-0.1, -0.05) is 31.5 Å². The van der Waals surface area contributed by atoms with Crippen LogP contribution in [0.4, 0.5) is 11.4 Å². The number of nitrogens with one attached hydrogen (secondary N) is 2. The highest BCUT2D eigenvalue weighted by molar-refractivity contribution is 6.30. The van der Waals surface area contributed by atoms with Crippen LogP contribution in [0.1, 0.15) is 36.2 Å². The van der Waals surface area contributed by atoms with E-state index in [0.717, 1.165) is 0 Å². The van der Waals surface area contributed by atoms with Crippen molar-refractivity contribution in [1.29, 1.82) is 0 Å². The molecule has 0 aliphatic rings. The molecule has 0 aliphatic carbocycles. The summed E-state index contributed by atoms with van der Waals surface area (Å²) in [6.07, 6.45) is 1.72. The molecule has 0 radical (unpaired) electrons. The molecular weight excluding hydrogens is 434 g/mol. The monoisotopic (exact) mass is 459 g/mol. The molecule has 0 saturated heterocycles. The molecular formula is C22H26ClN5O4. The van der Waals surface area contributed by atoms with Crippen LogP contribution in [0, 0.1) is 16.0 Å². The molecule has 0 saturated carbocycles. The van der Waals surface area contributed by atoms with Gasteiger partial charge >= 0.3 is 0 Å². The predicted molar refractivity (Wildman–Crippen MR) is 125 cm³/mol. The molecule has 170 valence electrons. The van der Waals surface area contributed by atoms with E-state index in [1.807, 2.05) is 13.8 Å². The molecule has 0 fully saturated rings. The Morgan fingerprint density at radius 3 is 2.41 bits per heavy atom. The fraction of sp³-hybridized carbons (Fsp3) is 0.318. The number of nitrogens with zero attached hydrogens (tertiary/aromatic N) is 3. The van der Waals surface area contributed by atoms with Crippen molar-refractivity contribution in [3.63, 3.8) is 0 Å². The van der Waals surface area contributed by atoms with E-state index >= 15 is 0 Å². The van der Waals surface area contributed by atoms with Crippen LogP contribution in [-0.2, 0) is 4.79 Å². The molecule has 2 aromatic carbocycles. The van der Waals surface area contributed by atoms with Gasteiger partial charge in [0.1, 0.15) is 11.7 Å². The largest absolute Gasteiger partial charge is 0.372 e. The molecule has 0 bridgehead atoms. The summed E-state index contributed by atoms with van der Waals surface area (Å²) < 4.78 is 0. The number of amides is 2. The van der Waals surface area contributed by atoms with Crippen molar-refractivity contribution < 1.29 is 14.5 Å². The topological polar surface area (TPSA) is 117 Å². The van der Waals surface area contributed by atoms with E-state index in [1.165, 1.54) is 12.3 Å². The van der Waals surface area contributed by atoms with E-state index in [4.69, 9.17) is 11.6 Å². The van der Waals surface area contributed by atoms with E-state index in [2.05, 4.69) is 15.8 Å². The van der Waals surface area contributed by atoms with Crippen LogP contribution < -0.4 is 15.6 Å². The predicted octanol–water partition coefficient (Wildman–Crippen LogP) is 3.61. The molecule has 2 rings (SSSR count). The lowest BCUT2D eigenvalue weighted by Crippen LogP contribution is -2.46. The Hall–Kier alpha value is -3.46. The Labute approximate surface area is 191 Å². The smallest absolute Gasteiger partial charge is 0.293 e. The van der Waals surface area contributed by atoms with Gasteiger partial charge in [-0.15, -0.1) is 0 Å². The Kier molecular flexibility index (Phi) is 8.71. The van der Waals surface area contributed by atoms with E-state index in [0.29, 0.717) is 28.3 Å². The molecule has 1 unspecified atom stereocenters. The molecule has 0 spiro atoms. The summed E-state index contributed by atoms with van der Waals surface area (Å²) in [6, 6.07) is 10.2. The van der Waals surface area contributed by atoms with Gasteiger partial charge in [-0.3, -0.25) is 19.7 Å². The first-order valence-electron chi connectivity index (χ1n) is 9.93. The number of nitro benzene ring substituents is 1. The first-order chi connectivity index (χ1) is 15.1. The zero-order valence-corrected chi connectivity index (χ0v) is 19.1. The summed E-state index contributed by atoms with van der Waals surface area (Å²) in [6.45, 7) is 3.87. The molecule has 9 nitrogen and oxygen atoms in total. The van der Waals surface area contributed by atoms with Crippen LogP contribution in [0.3, 0.4) is 0 Å². The molecule has 32 heavy (non-hydrogen) atoms. The number of benzene rings is 2. The van der Waals surface area contributed by atoms with Crippen LogP contribution in [-0.4, -0.2) is 43.1 Å². The van der Waals surface area contributed by atoms with Crippen molar-refractivity contribution in [2.75, 3.05) is 19.0 Å². The minimum atomic E-state index is -0.805. The normalized spacial score (nSPS) is 11.9. The first-order valence-corrected chi connectivity index (χ1v) is 10.3. The summed E-state index contributed by atoms with van der Waals surface area (Å²) in [5, 5.41) is 18.4. The molecule has 0 aliphatic heterocycles. The van der Waals surface area contributed by atoms with Gasteiger partial charge in [-0.2, -0.15) is 5.10 Å². The van der Waals surface area contributed by atoms with Crippen LogP contribution >= 0.6 is 11.6 Å². The number of halogens is 1. The second-order valence-electron chi connectivity index (χ2n) is 7.80. The summed E-state index contributed by atoms with van der Waals surface area (Å²) in [5.41, 5.74) is 3.62. The second kappa shape index (κ2) is 11.2. The van der Waals surface area contributed by atoms with Crippen molar-refractivity contribution in [1.82, 2.24) is 10.7 Å². The standard InChI is InChI=1S/C22H26ClN5O4/c1-14(2)11-18(25-21(29)16-6-8-17(23)9-7-16)22(30)26-24-13-15-5-10-19(27(3)4)20(12-15)28(31)32/h5-10,12-14,18H,11H2,1-4H3,(H,25,29)(H,26,30)/b24-13+. The van der Waals surface area contributed by atoms with Gasteiger partial charge in [-0.05, 0) is 42.7 Å². The molecule has 2 aromatic rings. The maximum atomic E-state index is 12.6. The summed E-state index contributed by atoms with van der Waals surface area (Å²) in [7, 11) is 3.42. The highest BCUT2D eigenvalue weighted by Gasteiger charge is 2.22. The van der Waals surface area contributed by atoms with Gasteiger partial charge in [0.15, 0.2) is 0 Å². The number of carbonyl (C=O) groups excluding carboxylic acids is 2. The van der Waals surface area contributed by atoms with Gasteiger partial charge in [-0.25, -0.2) is 5.43 Å². The van der Waals surface area contributed by atoms with E-state index in [1.54, 1.807) is 55.4 Å². The Morgan fingerprint density at radius 2 is 1.84 bits per heavy atom. The molecule has 2 N–H and O–H groups in total. The van der Waals surface area contributed by atoms with Gasteiger partial charge in [0.05, 0.1) is 11.1 Å². The number of hydrazone groups is 1. The van der Waals surface area contributed by atoms with Crippen molar-refractivity contribution in [2.45, 2.75) is 26.3 Å². The van der Waals surface area contributed by atoms with Crippen molar-refractivity contribution in [3.8, 4) is 0 Å².